The first-order valence-corrected chi connectivity index (χ1v) is 7.17. The van der Waals surface area contributed by atoms with Gasteiger partial charge in [-0.3, -0.25) is 9.69 Å². The fourth-order valence-electron chi connectivity index (χ4n) is 2.38. The molecule has 1 saturated heterocycles. The van der Waals surface area contributed by atoms with E-state index in [1.807, 2.05) is 0 Å². The third kappa shape index (κ3) is 3.39. The number of nitrogens with one attached hydrogen (secondary N) is 1. The molecular formula is C14H13FN6O4. The van der Waals surface area contributed by atoms with E-state index in [2.05, 4.69) is 20.8 Å². The maximum atomic E-state index is 14.4. The van der Waals surface area contributed by atoms with Crippen molar-refractivity contribution >= 4 is 24.4 Å². The Labute approximate surface area is 140 Å². The lowest BCUT2D eigenvalue weighted by Crippen LogP contribution is -2.30. The second-order valence-electron chi connectivity index (χ2n) is 5.11. The number of hydrogen-bond donors (Lipinski definition) is 2. The van der Waals surface area contributed by atoms with Crippen molar-refractivity contribution in [1.82, 2.24) is 20.3 Å². The van der Waals surface area contributed by atoms with E-state index in [4.69, 9.17) is 9.94 Å². The van der Waals surface area contributed by atoms with Crippen molar-refractivity contribution < 1.29 is 23.9 Å². The third-order valence-electron chi connectivity index (χ3n) is 3.49. The second-order valence-corrected chi connectivity index (χ2v) is 5.11. The quantitative estimate of drug-likeness (QED) is 0.335. The average molecular weight is 348 g/mol. The Bertz CT molecular complexity index is 823. The molecule has 1 aliphatic rings. The smallest absolute Gasteiger partial charge is 0.414 e. The SMILES string of the molecule is O=CNCC1CN(c2ccc(-n3cc(/C=N/O)nn3)c(F)c2)C(=O)O1. The summed E-state index contributed by atoms with van der Waals surface area (Å²) in [5.74, 6) is -0.628. The van der Waals surface area contributed by atoms with E-state index < -0.39 is 18.0 Å². The topological polar surface area (TPSA) is 122 Å². The van der Waals surface area contributed by atoms with Gasteiger partial charge in [0, 0.05) is 0 Å². The number of hydrogen-bond acceptors (Lipinski definition) is 7. The molecule has 130 valence electrons. The minimum atomic E-state index is -0.628. The summed E-state index contributed by atoms with van der Waals surface area (Å²) in [4.78, 5) is 23.5. The van der Waals surface area contributed by atoms with Crippen LogP contribution in [-0.4, -0.2) is 58.1 Å². The van der Waals surface area contributed by atoms with Crippen molar-refractivity contribution in [2.24, 2.45) is 5.16 Å². The van der Waals surface area contributed by atoms with Gasteiger partial charge in [-0.15, -0.1) is 5.10 Å². The molecule has 2 heterocycles. The lowest BCUT2D eigenvalue weighted by Gasteiger charge is -2.14. The summed E-state index contributed by atoms with van der Waals surface area (Å²) in [6.07, 6.45) is 1.83. The summed E-state index contributed by atoms with van der Waals surface area (Å²) in [5, 5.41) is 21.1. The van der Waals surface area contributed by atoms with Crippen LogP contribution in [0.3, 0.4) is 0 Å². The molecule has 2 amide bonds. The minimum Gasteiger partial charge on any atom is -0.442 e. The first-order chi connectivity index (χ1) is 12.1. The van der Waals surface area contributed by atoms with E-state index in [0.717, 1.165) is 6.21 Å². The molecule has 2 aromatic rings. The van der Waals surface area contributed by atoms with Crippen LogP contribution in [0.5, 0.6) is 0 Å². The summed E-state index contributed by atoms with van der Waals surface area (Å²) in [6.45, 7) is 0.374. The summed E-state index contributed by atoms with van der Waals surface area (Å²) < 4.78 is 20.7. The van der Waals surface area contributed by atoms with Crippen LogP contribution in [0.15, 0.2) is 29.6 Å². The predicted octanol–water partition coefficient (Wildman–Crippen LogP) is 0.286. The fraction of sp³-hybridized carbons (Fsp3) is 0.214. The lowest BCUT2D eigenvalue weighted by atomic mass is 10.2. The third-order valence-corrected chi connectivity index (χ3v) is 3.49. The van der Waals surface area contributed by atoms with Crippen LogP contribution in [0, 0.1) is 5.82 Å². The Balaban J connectivity index is 1.79. The number of carbonyl (C=O) groups excluding carboxylic acids is 2. The lowest BCUT2D eigenvalue weighted by molar-refractivity contribution is -0.109. The number of aromatic nitrogens is 3. The molecule has 3 rings (SSSR count). The van der Waals surface area contributed by atoms with Crippen molar-refractivity contribution in [1.29, 1.82) is 0 Å². The molecule has 11 heteroatoms. The molecule has 1 unspecified atom stereocenters. The number of nitrogens with zero attached hydrogens (tertiary/aromatic N) is 5. The van der Waals surface area contributed by atoms with Gasteiger partial charge in [-0.2, -0.15) is 0 Å². The molecule has 1 fully saturated rings. The van der Waals surface area contributed by atoms with Gasteiger partial charge in [0.05, 0.1) is 31.2 Å². The van der Waals surface area contributed by atoms with E-state index in [9.17, 15) is 14.0 Å². The molecule has 2 N–H and O–H groups in total. The molecule has 0 aliphatic carbocycles. The Morgan fingerprint density at radius 1 is 1.52 bits per heavy atom. The number of oxime groups is 1. The molecule has 25 heavy (non-hydrogen) atoms. The highest BCUT2D eigenvalue weighted by Gasteiger charge is 2.32. The standard InChI is InChI=1S/C14H13FN6O4/c15-12-3-10(20-7-11(5-16-8-22)25-14(20)23)1-2-13(12)21-6-9(4-17-24)18-19-21/h1-4,6,8,11,24H,5,7H2,(H,16,22)/b17-4+. The molecule has 0 bridgehead atoms. The minimum absolute atomic E-state index is 0.112. The van der Waals surface area contributed by atoms with E-state index in [-0.39, 0.29) is 24.5 Å². The van der Waals surface area contributed by atoms with Crippen molar-refractivity contribution in [3.05, 3.63) is 35.9 Å². The zero-order valence-corrected chi connectivity index (χ0v) is 12.7. The van der Waals surface area contributed by atoms with E-state index >= 15 is 0 Å². The Morgan fingerprint density at radius 2 is 2.36 bits per heavy atom. The van der Waals surface area contributed by atoms with Gasteiger partial charge in [-0.25, -0.2) is 13.9 Å². The predicted molar refractivity (Wildman–Crippen MR) is 82.4 cm³/mol. The van der Waals surface area contributed by atoms with Crippen LogP contribution >= 0.6 is 0 Å². The first kappa shape index (κ1) is 16.4. The zero-order chi connectivity index (χ0) is 17.8. The van der Waals surface area contributed by atoms with Crippen molar-refractivity contribution in [2.75, 3.05) is 18.0 Å². The zero-order valence-electron chi connectivity index (χ0n) is 12.7. The number of cyclic esters (lactones) is 1. The second kappa shape index (κ2) is 6.95. The molecule has 10 nitrogen and oxygen atoms in total. The van der Waals surface area contributed by atoms with Gasteiger partial charge in [0.15, 0.2) is 5.82 Å². The van der Waals surface area contributed by atoms with E-state index in [1.165, 1.54) is 34.0 Å². The molecule has 0 radical (unpaired) electrons. The number of rotatable bonds is 6. The fourth-order valence-corrected chi connectivity index (χ4v) is 2.38. The number of anilines is 1. The van der Waals surface area contributed by atoms with Crippen LogP contribution in [0.2, 0.25) is 0 Å². The van der Waals surface area contributed by atoms with Gasteiger partial charge in [0.2, 0.25) is 6.41 Å². The number of ether oxygens (including phenoxy) is 1. The van der Waals surface area contributed by atoms with Crippen molar-refractivity contribution in [3.8, 4) is 5.69 Å². The molecular weight excluding hydrogens is 335 g/mol. The van der Waals surface area contributed by atoms with E-state index in [1.54, 1.807) is 0 Å². The highest BCUT2D eigenvalue weighted by molar-refractivity contribution is 5.90. The summed E-state index contributed by atoms with van der Waals surface area (Å²) in [6, 6.07) is 4.15. The summed E-state index contributed by atoms with van der Waals surface area (Å²) >= 11 is 0. The number of halogens is 1. The van der Waals surface area contributed by atoms with Crippen LogP contribution in [0.25, 0.3) is 5.69 Å². The molecule has 0 saturated carbocycles. The normalized spacial score (nSPS) is 17.1. The Hall–Kier alpha value is -3.50. The van der Waals surface area contributed by atoms with Crippen LogP contribution in [0.4, 0.5) is 14.9 Å². The van der Waals surface area contributed by atoms with Gasteiger partial charge in [-0.1, -0.05) is 10.4 Å². The van der Waals surface area contributed by atoms with Gasteiger partial charge in [0.1, 0.15) is 17.5 Å². The molecule has 1 aromatic carbocycles. The maximum Gasteiger partial charge on any atom is 0.414 e. The van der Waals surface area contributed by atoms with Gasteiger partial charge in [0.25, 0.3) is 0 Å². The number of carbonyl (C=O) groups is 2. The largest absolute Gasteiger partial charge is 0.442 e. The number of benzene rings is 1. The number of amides is 2. The Kier molecular flexibility index (Phi) is 4.55. The molecule has 0 spiro atoms. The van der Waals surface area contributed by atoms with Gasteiger partial charge in [-0.05, 0) is 18.2 Å². The molecule has 1 aliphatic heterocycles. The average Bonchev–Trinajstić information content (AvgIpc) is 3.20. The van der Waals surface area contributed by atoms with Crippen LogP contribution in [0.1, 0.15) is 5.69 Å². The van der Waals surface area contributed by atoms with Crippen LogP contribution < -0.4 is 10.2 Å². The van der Waals surface area contributed by atoms with E-state index in [0.29, 0.717) is 12.1 Å². The van der Waals surface area contributed by atoms with Crippen molar-refractivity contribution in [3.63, 3.8) is 0 Å². The van der Waals surface area contributed by atoms with Crippen molar-refractivity contribution in [2.45, 2.75) is 6.10 Å². The maximum absolute atomic E-state index is 14.4. The monoisotopic (exact) mass is 348 g/mol. The highest BCUT2D eigenvalue weighted by atomic mass is 19.1. The highest BCUT2D eigenvalue weighted by Crippen LogP contribution is 2.25. The molecule has 1 atom stereocenters. The Morgan fingerprint density at radius 3 is 3.08 bits per heavy atom. The molecule has 1 aromatic heterocycles. The van der Waals surface area contributed by atoms with Gasteiger partial charge < -0.3 is 15.3 Å². The van der Waals surface area contributed by atoms with Gasteiger partial charge >= 0.3 is 6.09 Å². The summed E-state index contributed by atoms with van der Waals surface area (Å²) in [5.41, 5.74) is 0.678. The van der Waals surface area contributed by atoms with Crippen LogP contribution in [-0.2, 0) is 9.53 Å². The first-order valence-electron chi connectivity index (χ1n) is 7.17. The summed E-state index contributed by atoms with van der Waals surface area (Å²) in [7, 11) is 0.